The van der Waals surface area contributed by atoms with E-state index in [0.29, 0.717) is 18.9 Å². The Morgan fingerprint density at radius 2 is 2.10 bits per heavy atom. The Balaban J connectivity index is 1.67. The van der Waals surface area contributed by atoms with E-state index in [1.807, 2.05) is 6.07 Å². The molecule has 0 unspecified atom stereocenters. The van der Waals surface area contributed by atoms with Gasteiger partial charge in [-0.3, -0.25) is 4.79 Å². The van der Waals surface area contributed by atoms with Crippen molar-refractivity contribution in [1.82, 2.24) is 15.3 Å². The number of hydrogen-bond acceptors (Lipinski definition) is 8. The summed E-state index contributed by atoms with van der Waals surface area (Å²) in [4.78, 5) is 18.3. The van der Waals surface area contributed by atoms with Gasteiger partial charge in [-0.15, -0.1) is 0 Å². The van der Waals surface area contributed by atoms with Crippen molar-refractivity contribution in [2.24, 2.45) is 0 Å². The molecule has 0 bridgehead atoms. The minimum absolute atomic E-state index is 0.0488. The topological polar surface area (TPSA) is 119 Å². The van der Waals surface area contributed by atoms with Crippen molar-refractivity contribution in [2.45, 2.75) is 0 Å². The second-order valence-electron chi connectivity index (χ2n) is 4.46. The van der Waals surface area contributed by atoms with Crippen LogP contribution in [0.2, 0.25) is 0 Å². The molecule has 3 heterocycles. The zero-order valence-electron chi connectivity index (χ0n) is 11.2. The van der Waals surface area contributed by atoms with E-state index in [-0.39, 0.29) is 11.5 Å². The molecule has 2 aromatic rings. The van der Waals surface area contributed by atoms with E-state index >= 15 is 0 Å². The molecule has 21 heavy (non-hydrogen) atoms. The quantitative estimate of drug-likeness (QED) is 0.819. The lowest BCUT2D eigenvalue weighted by Crippen LogP contribution is -2.36. The molecule has 9 nitrogen and oxygen atoms in total. The number of rotatable bonds is 3. The Kier molecular flexibility index (Phi) is 3.65. The first kappa shape index (κ1) is 13.3. The first-order valence-corrected chi connectivity index (χ1v) is 6.42. The molecule has 9 heteroatoms. The van der Waals surface area contributed by atoms with Crippen molar-refractivity contribution >= 4 is 23.2 Å². The highest BCUT2D eigenvalue weighted by Crippen LogP contribution is 2.16. The van der Waals surface area contributed by atoms with Crippen LogP contribution in [0.1, 0.15) is 10.5 Å². The number of pyridine rings is 1. The molecular formula is C12H14N6O3. The van der Waals surface area contributed by atoms with E-state index in [2.05, 4.69) is 30.1 Å². The predicted octanol–water partition coefficient (Wildman–Crippen LogP) is 0.136. The van der Waals surface area contributed by atoms with Gasteiger partial charge in [-0.2, -0.15) is 0 Å². The lowest BCUT2D eigenvalue weighted by molar-refractivity contribution is 0.101. The Morgan fingerprint density at radius 1 is 1.29 bits per heavy atom. The lowest BCUT2D eigenvalue weighted by atomic mass is 10.3. The Bertz CT molecular complexity index is 620. The van der Waals surface area contributed by atoms with Crippen LogP contribution in [0.25, 0.3) is 0 Å². The number of anilines is 3. The maximum absolute atomic E-state index is 11.9. The molecule has 0 saturated carbocycles. The fraction of sp³-hybridized carbons (Fsp3) is 0.333. The average Bonchev–Trinajstić information content (AvgIpc) is 2.95. The molecule has 0 radical (unpaired) electrons. The van der Waals surface area contributed by atoms with Gasteiger partial charge in [0.15, 0.2) is 0 Å². The molecule has 1 amide bonds. The SMILES string of the molecule is Nc1nonc1C(=O)Nc1ccc(N2CCOCC2)nc1. The minimum atomic E-state index is -0.491. The largest absolute Gasteiger partial charge is 0.379 e. The predicted molar refractivity (Wildman–Crippen MR) is 73.9 cm³/mol. The van der Waals surface area contributed by atoms with Crippen LogP contribution in [-0.2, 0) is 4.74 Å². The summed E-state index contributed by atoms with van der Waals surface area (Å²) >= 11 is 0. The monoisotopic (exact) mass is 290 g/mol. The van der Waals surface area contributed by atoms with E-state index in [1.54, 1.807) is 12.3 Å². The van der Waals surface area contributed by atoms with Crippen molar-refractivity contribution in [2.75, 3.05) is 42.3 Å². The first-order valence-electron chi connectivity index (χ1n) is 6.42. The van der Waals surface area contributed by atoms with Gasteiger partial charge in [0.2, 0.25) is 11.5 Å². The molecule has 3 rings (SSSR count). The number of nitrogens with two attached hydrogens (primary N) is 1. The number of aromatic nitrogens is 3. The van der Waals surface area contributed by atoms with Gasteiger partial charge in [0, 0.05) is 13.1 Å². The van der Waals surface area contributed by atoms with E-state index in [9.17, 15) is 4.79 Å². The highest BCUT2D eigenvalue weighted by molar-refractivity contribution is 6.05. The van der Waals surface area contributed by atoms with E-state index in [0.717, 1.165) is 18.9 Å². The summed E-state index contributed by atoms with van der Waals surface area (Å²) < 4.78 is 9.67. The average molecular weight is 290 g/mol. The summed E-state index contributed by atoms with van der Waals surface area (Å²) in [5, 5.41) is 9.42. The number of carbonyl (C=O) groups is 1. The van der Waals surface area contributed by atoms with Crippen LogP contribution in [0.15, 0.2) is 23.0 Å². The fourth-order valence-corrected chi connectivity index (χ4v) is 1.98. The third-order valence-electron chi connectivity index (χ3n) is 3.07. The number of hydrogen-bond donors (Lipinski definition) is 2. The summed E-state index contributed by atoms with van der Waals surface area (Å²) in [5.74, 6) is 0.305. The summed E-state index contributed by atoms with van der Waals surface area (Å²) in [5.41, 5.74) is 5.95. The van der Waals surface area contributed by atoms with E-state index < -0.39 is 5.91 Å². The third-order valence-corrected chi connectivity index (χ3v) is 3.07. The van der Waals surface area contributed by atoms with E-state index in [4.69, 9.17) is 10.5 Å². The van der Waals surface area contributed by atoms with Gasteiger partial charge in [-0.05, 0) is 22.4 Å². The highest BCUT2D eigenvalue weighted by Gasteiger charge is 2.17. The lowest BCUT2D eigenvalue weighted by Gasteiger charge is -2.27. The zero-order chi connectivity index (χ0) is 14.7. The van der Waals surface area contributed by atoms with Gasteiger partial charge < -0.3 is 20.7 Å². The number of carbonyl (C=O) groups excluding carboxylic acids is 1. The molecule has 110 valence electrons. The van der Waals surface area contributed by atoms with Gasteiger partial charge in [0.05, 0.1) is 25.1 Å². The molecule has 3 N–H and O–H groups in total. The van der Waals surface area contributed by atoms with Crippen LogP contribution < -0.4 is 16.0 Å². The van der Waals surface area contributed by atoms with Crippen LogP contribution in [-0.4, -0.2) is 47.5 Å². The fourth-order valence-electron chi connectivity index (χ4n) is 1.98. The molecule has 0 aliphatic carbocycles. The first-order chi connectivity index (χ1) is 10.2. The summed E-state index contributed by atoms with van der Waals surface area (Å²) in [6, 6.07) is 3.60. The molecule has 0 atom stereocenters. The second kappa shape index (κ2) is 5.75. The van der Waals surface area contributed by atoms with Gasteiger partial charge in [0.1, 0.15) is 5.82 Å². The Hall–Kier alpha value is -2.68. The molecule has 1 fully saturated rings. The standard InChI is InChI=1S/C12H14N6O3/c13-11-10(16-21-17-11)12(19)15-8-1-2-9(14-7-8)18-3-5-20-6-4-18/h1-2,7H,3-6H2,(H2,13,17)(H,15,19). The smallest absolute Gasteiger partial charge is 0.281 e. The number of ether oxygens (including phenoxy) is 1. The molecule has 1 aliphatic rings. The Morgan fingerprint density at radius 3 is 2.71 bits per heavy atom. The van der Waals surface area contributed by atoms with Crippen LogP contribution in [0, 0.1) is 0 Å². The van der Waals surface area contributed by atoms with Crippen LogP contribution in [0.3, 0.4) is 0 Å². The second-order valence-corrected chi connectivity index (χ2v) is 4.46. The summed E-state index contributed by atoms with van der Waals surface area (Å²) in [7, 11) is 0. The van der Waals surface area contributed by atoms with E-state index in [1.165, 1.54) is 0 Å². The highest BCUT2D eigenvalue weighted by atomic mass is 16.6. The molecule has 1 aliphatic heterocycles. The summed E-state index contributed by atoms with van der Waals surface area (Å²) in [6.07, 6.45) is 1.58. The van der Waals surface area contributed by atoms with Crippen molar-refractivity contribution < 1.29 is 14.2 Å². The van der Waals surface area contributed by atoms with Gasteiger partial charge in [-0.1, -0.05) is 0 Å². The van der Waals surface area contributed by atoms with Gasteiger partial charge >= 0.3 is 0 Å². The van der Waals surface area contributed by atoms with Crippen molar-refractivity contribution in [1.29, 1.82) is 0 Å². The van der Waals surface area contributed by atoms with Crippen molar-refractivity contribution in [3.8, 4) is 0 Å². The van der Waals surface area contributed by atoms with Crippen LogP contribution >= 0.6 is 0 Å². The zero-order valence-corrected chi connectivity index (χ0v) is 11.2. The van der Waals surface area contributed by atoms with Crippen LogP contribution in [0.5, 0.6) is 0 Å². The van der Waals surface area contributed by atoms with Gasteiger partial charge in [-0.25, -0.2) is 9.61 Å². The third kappa shape index (κ3) is 2.92. The van der Waals surface area contributed by atoms with Crippen molar-refractivity contribution in [3.63, 3.8) is 0 Å². The van der Waals surface area contributed by atoms with Crippen LogP contribution in [0.4, 0.5) is 17.3 Å². The normalized spacial score (nSPS) is 15.0. The molecule has 1 saturated heterocycles. The number of amides is 1. The summed E-state index contributed by atoms with van der Waals surface area (Å²) in [6.45, 7) is 3.00. The molecule has 2 aromatic heterocycles. The number of nitrogen functional groups attached to an aromatic ring is 1. The van der Waals surface area contributed by atoms with Crippen molar-refractivity contribution in [3.05, 3.63) is 24.0 Å². The Labute approximate surface area is 120 Å². The number of nitrogens with one attached hydrogen (secondary N) is 1. The number of morpholine rings is 1. The molecule has 0 aromatic carbocycles. The molecular weight excluding hydrogens is 276 g/mol. The minimum Gasteiger partial charge on any atom is -0.379 e. The number of nitrogens with zero attached hydrogens (tertiary/aromatic N) is 4. The van der Waals surface area contributed by atoms with Gasteiger partial charge in [0.25, 0.3) is 5.91 Å². The maximum Gasteiger partial charge on any atom is 0.281 e. The maximum atomic E-state index is 11.9. The molecule has 0 spiro atoms.